The molecule has 0 amide bonds. The van der Waals surface area contributed by atoms with Gasteiger partial charge in [0.15, 0.2) is 6.23 Å². The Hall–Kier alpha value is -2.74. The van der Waals surface area contributed by atoms with Crippen molar-refractivity contribution in [3.8, 4) is 18.1 Å². The Bertz CT molecular complexity index is 1190. The van der Waals surface area contributed by atoms with Crippen LogP contribution in [0.3, 0.4) is 0 Å². The van der Waals surface area contributed by atoms with Crippen LogP contribution in [-0.4, -0.2) is 33.2 Å². The number of aliphatic hydroxyl groups is 1. The molecule has 1 fully saturated rings. The van der Waals surface area contributed by atoms with Crippen molar-refractivity contribution < 1.29 is 32.4 Å². The number of phosphoric acid groups is 1. The predicted octanol–water partition coefficient (Wildman–Crippen LogP) is 1.20. The van der Waals surface area contributed by atoms with Gasteiger partial charge in [-0.15, -0.1) is 6.42 Å². The first-order chi connectivity index (χ1) is 14.2. The Labute approximate surface area is 168 Å². The summed E-state index contributed by atoms with van der Waals surface area (Å²) >= 11 is 0. The predicted molar refractivity (Wildman–Crippen MR) is 99.3 cm³/mol. The molecule has 0 saturated carbocycles. The Kier molecular flexibility index (Phi) is 5.13. The van der Waals surface area contributed by atoms with Gasteiger partial charge < -0.3 is 14.4 Å². The molecule has 12 heteroatoms. The minimum absolute atomic E-state index is 0.0551. The van der Waals surface area contributed by atoms with E-state index in [4.69, 9.17) is 24.7 Å². The van der Waals surface area contributed by atoms with Crippen LogP contribution >= 0.6 is 7.82 Å². The molecule has 3 heterocycles. The van der Waals surface area contributed by atoms with Crippen molar-refractivity contribution in [2.24, 2.45) is 0 Å². The number of rotatable bonds is 4. The maximum Gasteiger partial charge on any atom is 0.530 e. The van der Waals surface area contributed by atoms with Crippen LogP contribution in [0, 0.1) is 12.3 Å². The van der Waals surface area contributed by atoms with Gasteiger partial charge >= 0.3 is 13.5 Å². The van der Waals surface area contributed by atoms with Crippen LogP contribution in [-0.2, 0) is 25.0 Å². The smallest absolute Gasteiger partial charge is 0.404 e. The number of fused-ring (bicyclic) bond motifs is 1. The standard InChI is InChI=1S/C18H16FN2O8P/c1-2-11-8-21(17(24)20-15(11)23)16-13(22)7-18(19,28-16)10-27-30(25)26-9-12-5-3-4-6-14(12)29-30/h1,3-6,8,13,16,22H,7,9-10H2,(H,20,23,24)/t13-,16-,18+,30?/m1/s1. The summed E-state index contributed by atoms with van der Waals surface area (Å²) in [5, 5.41) is 10.2. The van der Waals surface area contributed by atoms with E-state index >= 15 is 4.39 Å². The monoisotopic (exact) mass is 438 g/mol. The van der Waals surface area contributed by atoms with E-state index in [2.05, 4.69) is 5.92 Å². The number of para-hydroxylation sites is 1. The second kappa shape index (κ2) is 7.50. The average Bonchev–Trinajstić information content (AvgIpc) is 3.01. The second-order valence-corrected chi connectivity index (χ2v) is 8.30. The van der Waals surface area contributed by atoms with E-state index in [0.29, 0.717) is 5.56 Å². The summed E-state index contributed by atoms with van der Waals surface area (Å²) in [6, 6.07) is 6.69. The van der Waals surface area contributed by atoms with Crippen LogP contribution in [0.4, 0.5) is 4.39 Å². The third-order valence-corrected chi connectivity index (χ3v) is 5.88. The molecule has 4 atom stereocenters. The number of hydrogen-bond acceptors (Lipinski definition) is 8. The van der Waals surface area contributed by atoms with E-state index in [1.54, 1.807) is 24.3 Å². The summed E-state index contributed by atoms with van der Waals surface area (Å²) < 4.78 is 49.1. The first kappa shape index (κ1) is 20.5. The van der Waals surface area contributed by atoms with Crippen LogP contribution in [0.1, 0.15) is 23.8 Å². The largest absolute Gasteiger partial charge is 0.530 e. The number of H-pyrrole nitrogens is 1. The highest BCUT2D eigenvalue weighted by Crippen LogP contribution is 2.55. The van der Waals surface area contributed by atoms with Crippen molar-refractivity contribution in [2.75, 3.05) is 6.61 Å². The Morgan fingerprint density at radius 1 is 1.43 bits per heavy atom. The number of nitrogens with one attached hydrogen (secondary N) is 1. The third kappa shape index (κ3) is 3.84. The lowest BCUT2D eigenvalue weighted by Crippen LogP contribution is -2.37. The first-order valence-corrected chi connectivity index (χ1v) is 10.2. The molecule has 0 radical (unpaired) electrons. The van der Waals surface area contributed by atoms with Crippen LogP contribution in [0.2, 0.25) is 0 Å². The van der Waals surface area contributed by atoms with Gasteiger partial charge in [-0.05, 0) is 6.07 Å². The molecule has 2 N–H and O–H groups in total. The molecule has 2 aromatic rings. The number of phosphoric ester groups is 1. The minimum Gasteiger partial charge on any atom is -0.404 e. The summed E-state index contributed by atoms with van der Waals surface area (Å²) in [5.41, 5.74) is -1.30. The van der Waals surface area contributed by atoms with Crippen molar-refractivity contribution in [1.29, 1.82) is 0 Å². The van der Waals surface area contributed by atoms with E-state index in [0.717, 1.165) is 10.8 Å². The fraction of sp³-hybridized carbons (Fsp3) is 0.333. The Morgan fingerprint density at radius 3 is 2.97 bits per heavy atom. The molecular weight excluding hydrogens is 422 g/mol. The SMILES string of the molecule is C#Cc1cn([C@@H]2O[C@](F)(COP3(=O)OCc4ccccc4O3)C[C@H]2O)c(=O)[nH]c1=O. The first-order valence-electron chi connectivity index (χ1n) is 8.75. The van der Waals surface area contributed by atoms with Gasteiger partial charge in [0.25, 0.3) is 5.56 Å². The molecule has 1 unspecified atom stereocenters. The fourth-order valence-corrected chi connectivity index (χ4v) is 4.36. The molecule has 0 spiro atoms. The topological polar surface area (TPSA) is 129 Å². The van der Waals surface area contributed by atoms with E-state index < -0.39 is 50.3 Å². The number of terminal acetylenes is 1. The fourth-order valence-electron chi connectivity index (χ4n) is 3.12. The van der Waals surface area contributed by atoms with Crippen molar-refractivity contribution >= 4 is 7.82 Å². The Morgan fingerprint density at radius 2 is 2.20 bits per heavy atom. The summed E-state index contributed by atoms with van der Waals surface area (Å²) in [7, 11) is -4.13. The summed E-state index contributed by atoms with van der Waals surface area (Å²) in [5.74, 6) is -0.256. The minimum atomic E-state index is -4.13. The number of nitrogens with zero attached hydrogens (tertiary/aromatic N) is 1. The number of alkyl halides is 1. The lowest BCUT2D eigenvalue weighted by Gasteiger charge is -2.27. The van der Waals surface area contributed by atoms with Gasteiger partial charge in [0, 0.05) is 18.2 Å². The number of halogens is 1. The maximum absolute atomic E-state index is 15.1. The number of aliphatic hydroxyl groups excluding tert-OH is 1. The van der Waals surface area contributed by atoms with Gasteiger partial charge in [0.1, 0.15) is 24.0 Å². The highest BCUT2D eigenvalue weighted by atomic mass is 31.2. The lowest BCUT2D eigenvalue weighted by atomic mass is 10.2. The molecule has 1 aromatic heterocycles. The Balaban J connectivity index is 1.49. The highest BCUT2D eigenvalue weighted by Gasteiger charge is 2.50. The molecule has 4 rings (SSSR count). The highest BCUT2D eigenvalue weighted by molar-refractivity contribution is 7.49. The second-order valence-electron chi connectivity index (χ2n) is 6.71. The molecule has 0 aliphatic carbocycles. The van der Waals surface area contributed by atoms with Crippen LogP contribution in [0.5, 0.6) is 5.75 Å². The normalized spacial score (nSPS) is 30.3. The van der Waals surface area contributed by atoms with Gasteiger partial charge in [-0.1, -0.05) is 24.1 Å². The molecule has 0 bridgehead atoms. The zero-order valence-corrected chi connectivity index (χ0v) is 16.2. The molecule has 30 heavy (non-hydrogen) atoms. The van der Waals surface area contributed by atoms with Crippen molar-refractivity contribution in [1.82, 2.24) is 9.55 Å². The number of aromatic amines is 1. The van der Waals surface area contributed by atoms with Crippen LogP contribution in [0.15, 0.2) is 40.1 Å². The molecule has 158 valence electrons. The molecule has 10 nitrogen and oxygen atoms in total. The number of benzene rings is 1. The van der Waals surface area contributed by atoms with E-state index in [9.17, 15) is 19.3 Å². The van der Waals surface area contributed by atoms with Gasteiger partial charge in [-0.3, -0.25) is 23.4 Å². The van der Waals surface area contributed by atoms with E-state index in [1.165, 1.54) is 0 Å². The molecule has 2 aliphatic rings. The molecule has 1 saturated heterocycles. The lowest BCUT2D eigenvalue weighted by molar-refractivity contribution is -0.179. The quantitative estimate of drug-likeness (QED) is 0.538. The summed E-state index contributed by atoms with van der Waals surface area (Å²) in [6.07, 6.45) is 2.59. The third-order valence-electron chi connectivity index (χ3n) is 4.57. The number of ether oxygens (including phenoxy) is 1. The van der Waals surface area contributed by atoms with Gasteiger partial charge in [0.05, 0.1) is 6.61 Å². The van der Waals surface area contributed by atoms with Gasteiger partial charge in [-0.25, -0.2) is 13.8 Å². The zero-order chi connectivity index (χ0) is 21.5. The molecule has 1 aromatic carbocycles. The van der Waals surface area contributed by atoms with Gasteiger partial charge in [0.2, 0.25) is 5.85 Å². The number of hydrogen-bond donors (Lipinski definition) is 2. The van der Waals surface area contributed by atoms with E-state index in [1.807, 2.05) is 4.98 Å². The van der Waals surface area contributed by atoms with Crippen molar-refractivity contribution in [2.45, 2.75) is 31.2 Å². The number of aromatic nitrogens is 2. The van der Waals surface area contributed by atoms with Crippen LogP contribution < -0.4 is 15.8 Å². The zero-order valence-electron chi connectivity index (χ0n) is 15.3. The van der Waals surface area contributed by atoms with Crippen LogP contribution in [0.25, 0.3) is 0 Å². The molecular formula is C18H16FN2O8P. The molecule has 2 aliphatic heterocycles. The van der Waals surface area contributed by atoms with Crippen molar-refractivity contribution in [3.05, 3.63) is 62.4 Å². The van der Waals surface area contributed by atoms with Crippen molar-refractivity contribution in [3.63, 3.8) is 0 Å². The average molecular weight is 438 g/mol. The van der Waals surface area contributed by atoms with E-state index in [-0.39, 0.29) is 17.9 Å². The summed E-state index contributed by atoms with van der Waals surface area (Å²) in [6.45, 7) is -0.958. The van der Waals surface area contributed by atoms with Gasteiger partial charge in [-0.2, -0.15) is 0 Å². The maximum atomic E-state index is 15.1. The summed E-state index contributed by atoms with van der Waals surface area (Å²) in [4.78, 5) is 25.6.